The van der Waals surface area contributed by atoms with Crippen molar-refractivity contribution >= 4 is 27.8 Å². The van der Waals surface area contributed by atoms with E-state index in [1.54, 1.807) is 0 Å². The summed E-state index contributed by atoms with van der Waals surface area (Å²) in [6.07, 6.45) is 1.45. The van der Waals surface area contributed by atoms with Crippen LogP contribution in [0, 0.1) is 0 Å². The zero-order chi connectivity index (χ0) is 20.8. The van der Waals surface area contributed by atoms with Crippen LogP contribution >= 0.6 is 0 Å². The Balaban J connectivity index is 1.59. The normalized spacial score (nSPS) is 20.2. The van der Waals surface area contributed by atoms with Gasteiger partial charge in [-0.05, 0) is 45.9 Å². The van der Waals surface area contributed by atoms with Gasteiger partial charge >= 0.3 is 0 Å². The van der Waals surface area contributed by atoms with Crippen molar-refractivity contribution in [1.82, 2.24) is 0 Å². The molecule has 2 heteroatoms. The summed E-state index contributed by atoms with van der Waals surface area (Å²) < 4.78 is 0. The van der Waals surface area contributed by atoms with E-state index in [9.17, 15) is 4.79 Å². The first-order chi connectivity index (χ1) is 15.3. The molecule has 2 atom stereocenters. The number of carbonyl (C=O) groups excluding carboxylic acids is 1. The summed E-state index contributed by atoms with van der Waals surface area (Å²) in [5.74, 6) is 0.476. The molecule has 2 aliphatic rings. The number of fused-ring (bicyclic) bond motifs is 4. The van der Waals surface area contributed by atoms with Gasteiger partial charge in [-0.2, -0.15) is 0 Å². The lowest BCUT2D eigenvalue weighted by Gasteiger charge is -2.37. The molecule has 1 heterocycles. The molecular formula is C29H23NO. The van der Waals surface area contributed by atoms with Crippen LogP contribution in [-0.2, 0) is 4.79 Å². The standard InChI is InChI=1S/C29H23NO/c31-26-18-22(19-9-3-1-4-10-19)17-24-27-23-14-8-7-11-20(23)15-16-25(27)30-29(28(24)26)21-12-5-2-6-13-21/h1-16,22,29-30H,17-18H2. The van der Waals surface area contributed by atoms with Gasteiger partial charge in [0.05, 0.1) is 6.04 Å². The molecule has 0 bridgehead atoms. The second-order valence-electron chi connectivity index (χ2n) is 8.53. The Morgan fingerprint density at radius 1 is 0.677 bits per heavy atom. The average Bonchev–Trinajstić information content (AvgIpc) is 2.84. The molecule has 0 radical (unpaired) electrons. The maximum atomic E-state index is 13.6. The zero-order valence-electron chi connectivity index (χ0n) is 17.2. The predicted octanol–water partition coefficient (Wildman–Crippen LogP) is 6.91. The predicted molar refractivity (Wildman–Crippen MR) is 127 cm³/mol. The van der Waals surface area contributed by atoms with Crippen LogP contribution in [0.4, 0.5) is 5.69 Å². The van der Waals surface area contributed by atoms with Gasteiger partial charge in [-0.25, -0.2) is 0 Å². The van der Waals surface area contributed by atoms with Crippen LogP contribution in [0.5, 0.6) is 0 Å². The van der Waals surface area contributed by atoms with Gasteiger partial charge < -0.3 is 5.32 Å². The van der Waals surface area contributed by atoms with E-state index in [4.69, 9.17) is 0 Å². The fourth-order valence-electron chi connectivity index (χ4n) is 5.30. The summed E-state index contributed by atoms with van der Waals surface area (Å²) in [6.45, 7) is 0. The molecule has 2 unspecified atom stereocenters. The minimum absolute atomic E-state index is 0.103. The van der Waals surface area contributed by atoms with E-state index in [1.165, 1.54) is 27.5 Å². The summed E-state index contributed by atoms with van der Waals surface area (Å²) >= 11 is 0. The van der Waals surface area contributed by atoms with Gasteiger partial charge in [-0.3, -0.25) is 4.79 Å². The molecule has 0 saturated heterocycles. The van der Waals surface area contributed by atoms with Crippen molar-refractivity contribution in [3.05, 3.63) is 119 Å². The molecule has 0 aromatic heterocycles. The molecule has 0 fully saturated rings. The largest absolute Gasteiger partial charge is 0.373 e. The summed E-state index contributed by atoms with van der Waals surface area (Å²) in [4.78, 5) is 13.6. The van der Waals surface area contributed by atoms with E-state index in [0.29, 0.717) is 6.42 Å². The minimum atomic E-state index is -0.103. The van der Waals surface area contributed by atoms with Crippen molar-refractivity contribution in [1.29, 1.82) is 0 Å². The molecule has 2 nitrogen and oxygen atoms in total. The Labute approximate surface area is 182 Å². The summed E-state index contributed by atoms with van der Waals surface area (Å²) in [5, 5.41) is 6.14. The Kier molecular flexibility index (Phi) is 4.24. The molecule has 4 aromatic carbocycles. The van der Waals surface area contributed by atoms with Crippen molar-refractivity contribution in [3.8, 4) is 0 Å². The van der Waals surface area contributed by atoms with Crippen molar-refractivity contribution in [2.24, 2.45) is 0 Å². The van der Waals surface area contributed by atoms with Gasteiger partial charge in [-0.15, -0.1) is 0 Å². The number of anilines is 1. The van der Waals surface area contributed by atoms with Gasteiger partial charge in [0.25, 0.3) is 0 Å². The van der Waals surface area contributed by atoms with E-state index in [2.05, 4.69) is 78.1 Å². The van der Waals surface area contributed by atoms with Crippen LogP contribution in [-0.4, -0.2) is 5.78 Å². The van der Waals surface area contributed by atoms with E-state index in [-0.39, 0.29) is 17.7 Å². The van der Waals surface area contributed by atoms with Crippen molar-refractivity contribution in [2.75, 3.05) is 5.32 Å². The lowest BCUT2D eigenvalue weighted by Crippen LogP contribution is -2.29. The third-order valence-corrected chi connectivity index (χ3v) is 6.73. The van der Waals surface area contributed by atoms with Gasteiger partial charge in [-0.1, -0.05) is 91.0 Å². The second kappa shape index (κ2) is 7.24. The Morgan fingerprint density at radius 2 is 1.35 bits per heavy atom. The Bertz CT molecular complexity index is 1320. The number of benzene rings is 4. The quantitative estimate of drug-likeness (QED) is 0.395. The SMILES string of the molecule is O=C1CC(c2ccccc2)CC2=C1C(c1ccccc1)Nc1ccc3ccccc3c12. The highest BCUT2D eigenvalue weighted by molar-refractivity contribution is 6.13. The Morgan fingerprint density at radius 3 is 2.13 bits per heavy atom. The lowest BCUT2D eigenvalue weighted by molar-refractivity contribution is -0.116. The molecular weight excluding hydrogens is 378 g/mol. The third kappa shape index (κ3) is 2.98. The van der Waals surface area contributed by atoms with Crippen LogP contribution in [0.25, 0.3) is 16.3 Å². The molecule has 0 amide bonds. The maximum absolute atomic E-state index is 13.6. The monoisotopic (exact) mass is 401 g/mol. The van der Waals surface area contributed by atoms with Gasteiger partial charge in [0.2, 0.25) is 0 Å². The summed E-state index contributed by atoms with van der Waals surface area (Å²) in [7, 11) is 0. The molecule has 1 N–H and O–H groups in total. The number of allylic oxidation sites excluding steroid dienone is 1. The highest BCUT2D eigenvalue weighted by Crippen LogP contribution is 2.50. The third-order valence-electron chi connectivity index (χ3n) is 6.73. The van der Waals surface area contributed by atoms with Crippen LogP contribution in [0.1, 0.15) is 41.5 Å². The maximum Gasteiger partial charge on any atom is 0.162 e. The molecule has 0 saturated carbocycles. The fraction of sp³-hybridized carbons (Fsp3) is 0.138. The first-order valence-corrected chi connectivity index (χ1v) is 10.9. The van der Waals surface area contributed by atoms with E-state index < -0.39 is 0 Å². The zero-order valence-corrected chi connectivity index (χ0v) is 17.2. The number of hydrogen-bond donors (Lipinski definition) is 1. The second-order valence-corrected chi connectivity index (χ2v) is 8.53. The number of carbonyl (C=O) groups is 1. The van der Waals surface area contributed by atoms with Crippen molar-refractivity contribution < 1.29 is 4.79 Å². The number of rotatable bonds is 2. The highest BCUT2D eigenvalue weighted by atomic mass is 16.1. The van der Waals surface area contributed by atoms with Crippen LogP contribution in [0.3, 0.4) is 0 Å². The fourth-order valence-corrected chi connectivity index (χ4v) is 5.30. The first-order valence-electron chi connectivity index (χ1n) is 10.9. The lowest BCUT2D eigenvalue weighted by atomic mass is 9.71. The summed E-state index contributed by atoms with van der Waals surface area (Å²) in [5.41, 5.74) is 6.87. The molecule has 4 aromatic rings. The highest BCUT2D eigenvalue weighted by Gasteiger charge is 2.38. The Hall–Kier alpha value is -3.65. The number of nitrogens with one attached hydrogen (secondary N) is 1. The van der Waals surface area contributed by atoms with Crippen LogP contribution in [0.15, 0.2) is 103 Å². The summed E-state index contributed by atoms with van der Waals surface area (Å²) in [6, 6.07) is 33.6. The molecule has 6 rings (SSSR count). The molecule has 150 valence electrons. The van der Waals surface area contributed by atoms with Gasteiger partial charge in [0.15, 0.2) is 5.78 Å². The van der Waals surface area contributed by atoms with Crippen molar-refractivity contribution in [3.63, 3.8) is 0 Å². The number of ketones is 1. The molecule has 1 aliphatic heterocycles. The van der Waals surface area contributed by atoms with E-state index in [1.807, 2.05) is 24.3 Å². The number of Topliss-reactive ketones (excluding diaryl/α,β-unsaturated/α-hetero) is 1. The van der Waals surface area contributed by atoms with Crippen molar-refractivity contribution in [2.45, 2.75) is 24.8 Å². The van der Waals surface area contributed by atoms with E-state index in [0.717, 1.165) is 23.2 Å². The van der Waals surface area contributed by atoms with Crippen LogP contribution < -0.4 is 5.32 Å². The van der Waals surface area contributed by atoms with Gasteiger partial charge in [0.1, 0.15) is 0 Å². The minimum Gasteiger partial charge on any atom is -0.373 e. The van der Waals surface area contributed by atoms with Gasteiger partial charge in [0, 0.05) is 23.2 Å². The topological polar surface area (TPSA) is 29.1 Å². The first kappa shape index (κ1) is 18.1. The smallest absolute Gasteiger partial charge is 0.162 e. The molecule has 31 heavy (non-hydrogen) atoms. The average molecular weight is 402 g/mol. The number of hydrogen-bond acceptors (Lipinski definition) is 2. The molecule has 1 aliphatic carbocycles. The van der Waals surface area contributed by atoms with Crippen LogP contribution in [0.2, 0.25) is 0 Å². The molecule has 0 spiro atoms. The van der Waals surface area contributed by atoms with E-state index >= 15 is 0 Å².